The number of hydrogen-bond acceptors (Lipinski definition) is 6. The highest BCUT2D eigenvalue weighted by molar-refractivity contribution is 5.88. The summed E-state index contributed by atoms with van der Waals surface area (Å²) in [6, 6.07) is 0. The first-order chi connectivity index (χ1) is 8.67. The van der Waals surface area contributed by atoms with Crippen molar-refractivity contribution in [2.75, 3.05) is 40.5 Å². The van der Waals surface area contributed by atoms with Gasteiger partial charge in [-0.1, -0.05) is 0 Å². The highest BCUT2D eigenvalue weighted by atomic mass is 16.5. The lowest BCUT2D eigenvalue weighted by Crippen LogP contribution is -2.59. The first-order valence-corrected chi connectivity index (χ1v) is 6.15. The predicted octanol–water partition coefficient (Wildman–Crippen LogP) is -0.602. The van der Waals surface area contributed by atoms with Crippen LogP contribution in [0.25, 0.3) is 0 Å². The van der Waals surface area contributed by atoms with Crippen LogP contribution >= 0.6 is 0 Å². The summed E-state index contributed by atoms with van der Waals surface area (Å²) >= 11 is 0. The van der Waals surface area contributed by atoms with Crippen LogP contribution in [-0.4, -0.2) is 73.6 Å². The molecule has 1 saturated heterocycles. The molecular weight excluding hydrogens is 236 g/mol. The average molecular weight is 256 g/mol. The molecule has 6 heteroatoms. The Morgan fingerprint density at radius 1 is 1.67 bits per heavy atom. The third-order valence-electron chi connectivity index (χ3n) is 3.45. The standard InChI is InChI=1S/C12H20N2O4/c1-13-8-9(12(16)17-2)7-10-11(13)14(3-5-15)4-6-18-10/h8,10-11,15H,3-7H2,1-2H3/t10-,11-/m1/s1. The van der Waals surface area contributed by atoms with Gasteiger partial charge in [0.15, 0.2) is 0 Å². The van der Waals surface area contributed by atoms with Crippen LogP contribution in [0.5, 0.6) is 0 Å². The summed E-state index contributed by atoms with van der Waals surface area (Å²) in [6.07, 6.45) is 2.41. The molecule has 0 aromatic rings. The Morgan fingerprint density at radius 2 is 2.44 bits per heavy atom. The molecule has 0 spiro atoms. The van der Waals surface area contributed by atoms with Crippen LogP contribution in [0.4, 0.5) is 0 Å². The highest BCUT2D eigenvalue weighted by Crippen LogP contribution is 2.28. The van der Waals surface area contributed by atoms with Crippen molar-refractivity contribution >= 4 is 5.97 Å². The van der Waals surface area contributed by atoms with E-state index in [1.54, 1.807) is 0 Å². The van der Waals surface area contributed by atoms with E-state index in [2.05, 4.69) is 4.90 Å². The number of hydrogen-bond donors (Lipinski definition) is 1. The van der Waals surface area contributed by atoms with Crippen LogP contribution in [0.3, 0.4) is 0 Å². The van der Waals surface area contributed by atoms with Gasteiger partial charge < -0.3 is 19.5 Å². The van der Waals surface area contributed by atoms with E-state index in [1.165, 1.54) is 7.11 Å². The molecule has 102 valence electrons. The number of likely N-dealkylation sites (N-methyl/N-ethyl adjacent to an activating group) is 1. The highest BCUT2D eigenvalue weighted by Gasteiger charge is 2.38. The summed E-state index contributed by atoms with van der Waals surface area (Å²) in [4.78, 5) is 15.7. The van der Waals surface area contributed by atoms with E-state index in [1.807, 2.05) is 18.1 Å². The maximum atomic E-state index is 11.6. The lowest BCUT2D eigenvalue weighted by Gasteiger charge is -2.47. The van der Waals surface area contributed by atoms with Crippen LogP contribution in [0.1, 0.15) is 6.42 Å². The van der Waals surface area contributed by atoms with Crippen molar-refractivity contribution in [3.63, 3.8) is 0 Å². The zero-order valence-electron chi connectivity index (χ0n) is 10.8. The largest absolute Gasteiger partial charge is 0.466 e. The molecule has 0 amide bonds. The summed E-state index contributed by atoms with van der Waals surface area (Å²) in [7, 11) is 3.30. The van der Waals surface area contributed by atoms with Crippen molar-refractivity contribution in [3.05, 3.63) is 11.8 Å². The molecule has 1 fully saturated rings. The van der Waals surface area contributed by atoms with Gasteiger partial charge in [-0.15, -0.1) is 0 Å². The second kappa shape index (κ2) is 5.69. The Kier molecular flexibility index (Phi) is 4.21. The molecule has 0 radical (unpaired) electrons. The number of carbonyl (C=O) groups excluding carboxylic acids is 1. The number of aliphatic hydroxyl groups excluding tert-OH is 1. The number of nitrogens with zero attached hydrogens (tertiary/aromatic N) is 2. The van der Waals surface area contributed by atoms with E-state index in [-0.39, 0.29) is 24.8 Å². The number of ether oxygens (including phenoxy) is 2. The first-order valence-electron chi connectivity index (χ1n) is 6.15. The van der Waals surface area contributed by atoms with E-state index in [9.17, 15) is 4.79 Å². The monoisotopic (exact) mass is 256 g/mol. The molecule has 2 aliphatic rings. The van der Waals surface area contributed by atoms with Crippen LogP contribution in [0, 0.1) is 0 Å². The van der Waals surface area contributed by atoms with Crippen LogP contribution < -0.4 is 0 Å². The molecular formula is C12H20N2O4. The van der Waals surface area contributed by atoms with Gasteiger partial charge in [-0.05, 0) is 0 Å². The predicted molar refractivity (Wildman–Crippen MR) is 64.7 cm³/mol. The Labute approximate surface area is 107 Å². The number of carbonyl (C=O) groups is 1. The van der Waals surface area contributed by atoms with E-state index in [0.717, 1.165) is 6.54 Å². The minimum atomic E-state index is -0.303. The normalized spacial score (nSPS) is 28.6. The first kappa shape index (κ1) is 13.3. The molecule has 0 aromatic carbocycles. The van der Waals surface area contributed by atoms with Gasteiger partial charge in [-0.2, -0.15) is 0 Å². The summed E-state index contributed by atoms with van der Waals surface area (Å²) in [5, 5.41) is 9.08. The molecule has 0 unspecified atom stereocenters. The quantitative estimate of drug-likeness (QED) is 0.680. The van der Waals surface area contributed by atoms with E-state index in [0.29, 0.717) is 25.1 Å². The van der Waals surface area contributed by atoms with Crippen molar-refractivity contribution in [2.24, 2.45) is 0 Å². The molecule has 2 heterocycles. The summed E-state index contributed by atoms with van der Waals surface area (Å²) in [5.41, 5.74) is 0.632. The number of rotatable bonds is 3. The number of fused-ring (bicyclic) bond motifs is 1. The minimum Gasteiger partial charge on any atom is -0.466 e. The van der Waals surface area contributed by atoms with Crippen molar-refractivity contribution in [3.8, 4) is 0 Å². The summed E-state index contributed by atoms with van der Waals surface area (Å²) < 4.78 is 10.5. The summed E-state index contributed by atoms with van der Waals surface area (Å²) in [5.74, 6) is -0.303. The fraction of sp³-hybridized carbons (Fsp3) is 0.750. The van der Waals surface area contributed by atoms with Crippen LogP contribution in [0.2, 0.25) is 0 Å². The van der Waals surface area contributed by atoms with Crippen molar-refractivity contribution in [2.45, 2.75) is 18.7 Å². The molecule has 0 bridgehead atoms. The maximum Gasteiger partial charge on any atom is 0.335 e. The maximum absolute atomic E-state index is 11.6. The molecule has 0 aliphatic carbocycles. The Balaban J connectivity index is 2.15. The van der Waals surface area contributed by atoms with Gasteiger partial charge in [0.25, 0.3) is 0 Å². The molecule has 6 nitrogen and oxygen atoms in total. The van der Waals surface area contributed by atoms with Gasteiger partial charge in [0, 0.05) is 32.8 Å². The number of methoxy groups -OCH3 is 1. The second-order valence-corrected chi connectivity index (χ2v) is 4.60. The minimum absolute atomic E-state index is 0.0469. The Hall–Kier alpha value is -1.11. The van der Waals surface area contributed by atoms with Crippen molar-refractivity contribution in [1.82, 2.24) is 9.80 Å². The molecule has 1 N–H and O–H groups in total. The lowest BCUT2D eigenvalue weighted by atomic mass is 10.00. The average Bonchev–Trinajstić information content (AvgIpc) is 2.38. The lowest BCUT2D eigenvalue weighted by molar-refractivity contribution is -0.142. The summed E-state index contributed by atoms with van der Waals surface area (Å²) in [6.45, 7) is 2.18. The number of β-amino-alcohol motifs (C(OH)–C–C–N with tert-alkyl or cyclic N) is 1. The Morgan fingerprint density at radius 3 is 3.11 bits per heavy atom. The van der Waals surface area contributed by atoms with Gasteiger partial charge in [0.1, 0.15) is 6.17 Å². The fourth-order valence-electron chi connectivity index (χ4n) is 2.69. The van der Waals surface area contributed by atoms with Crippen molar-refractivity contribution < 1.29 is 19.4 Å². The number of esters is 1. The van der Waals surface area contributed by atoms with Crippen LogP contribution in [-0.2, 0) is 14.3 Å². The van der Waals surface area contributed by atoms with E-state index < -0.39 is 0 Å². The topological polar surface area (TPSA) is 62.2 Å². The molecule has 2 aliphatic heterocycles. The number of morpholine rings is 1. The fourth-order valence-corrected chi connectivity index (χ4v) is 2.69. The third-order valence-corrected chi connectivity index (χ3v) is 3.45. The molecule has 2 rings (SSSR count). The van der Waals surface area contributed by atoms with Crippen LogP contribution in [0.15, 0.2) is 11.8 Å². The molecule has 18 heavy (non-hydrogen) atoms. The van der Waals surface area contributed by atoms with E-state index in [4.69, 9.17) is 14.6 Å². The molecule has 2 atom stereocenters. The van der Waals surface area contributed by atoms with Gasteiger partial charge in [0.05, 0.1) is 32.0 Å². The molecule has 0 aromatic heterocycles. The van der Waals surface area contributed by atoms with Gasteiger partial charge in [0.2, 0.25) is 0 Å². The third kappa shape index (κ3) is 2.50. The second-order valence-electron chi connectivity index (χ2n) is 4.60. The Bertz CT molecular complexity index is 343. The van der Waals surface area contributed by atoms with Crippen molar-refractivity contribution in [1.29, 1.82) is 0 Å². The zero-order valence-corrected chi connectivity index (χ0v) is 10.8. The smallest absolute Gasteiger partial charge is 0.335 e. The van der Waals surface area contributed by atoms with Gasteiger partial charge >= 0.3 is 5.97 Å². The molecule has 0 saturated carbocycles. The number of aliphatic hydroxyl groups is 1. The zero-order chi connectivity index (χ0) is 13.1. The van der Waals surface area contributed by atoms with Gasteiger partial charge in [-0.25, -0.2) is 4.79 Å². The van der Waals surface area contributed by atoms with Gasteiger partial charge in [-0.3, -0.25) is 4.90 Å². The van der Waals surface area contributed by atoms with E-state index >= 15 is 0 Å². The SMILES string of the molecule is COC(=O)C1=CN(C)[C@H]2[C@@H](C1)OCCN2CCO.